The number of hydrogen-bond donors (Lipinski definition) is 1. The lowest BCUT2D eigenvalue weighted by atomic mass is 10.0. The second-order valence-corrected chi connectivity index (χ2v) is 4.53. The van der Waals surface area contributed by atoms with Gasteiger partial charge in [-0.15, -0.1) is 0 Å². The molecule has 3 unspecified atom stereocenters. The quantitative estimate of drug-likeness (QED) is 0.722. The van der Waals surface area contributed by atoms with Gasteiger partial charge in [0.05, 0.1) is 6.10 Å². The van der Waals surface area contributed by atoms with Crippen LogP contribution in [-0.2, 0) is 4.74 Å². The molecular weight excluding hydrogens is 176 g/mol. The van der Waals surface area contributed by atoms with Crippen LogP contribution >= 0.6 is 0 Å². The van der Waals surface area contributed by atoms with E-state index in [0.29, 0.717) is 18.1 Å². The Hall–Kier alpha value is -0.120. The number of hydrogen-bond acceptors (Lipinski definition) is 3. The third-order valence-corrected chi connectivity index (χ3v) is 3.41. The molecule has 3 atom stereocenters. The van der Waals surface area contributed by atoms with E-state index in [0.717, 1.165) is 19.7 Å². The first kappa shape index (κ1) is 12.0. The molecule has 0 radical (unpaired) electrons. The van der Waals surface area contributed by atoms with Crippen molar-refractivity contribution in [2.24, 2.45) is 11.7 Å². The molecule has 0 spiro atoms. The van der Waals surface area contributed by atoms with Crippen LogP contribution in [0.2, 0.25) is 0 Å². The molecule has 0 aromatic rings. The lowest BCUT2D eigenvalue weighted by Gasteiger charge is -2.30. The SMILES string of the molecule is CC(CN)C(C)N(C)CC1CCCO1. The van der Waals surface area contributed by atoms with E-state index in [9.17, 15) is 0 Å². The second kappa shape index (κ2) is 5.69. The minimum Gasteiger partial charge on any atom is -0.377 e. The molecule has 2 N–H and O–H groups in total. The molecule has 1 saturated heterocycles. The first-order valence-electron chi connectivity index (χ1n) is 5.67. The number of nitrogens with two attached hydrogens (primary N) is 1. The lowest BCUT2D eigenvalue weighted by molar-refractivity contribution is 0.0624. The molecule has 0 aromatic carbocycles. The number of likely N-dealkylation sites (N-methyl/N-ethyl adjacent to an activating group) is 1. The molecule has 1 heterocycles. The molecule has 0 saturated carbocycles. The summed E-state index contributed by atoms with van der Waals surface area (Å²) in [4.78, 5) is 2.37. The van der Waals surface area contributed by atoms with E-state index in [2.05, 4.69) is 25.8 Å². The zero-order chi connectivity index (χ0) is 10.6. The Labute approximate surface area is 87.6 Å². The van der Waals surface area contributed by atoms with Gasteiger partial charge < -0.3 is 15.4 Å². The Morgan fingerprint density at radius 3 is 2.71 bits per heavy atom. The third kappa shape index (κ3) is 3.23. The summed E-state index contributed by atoms with van der Waals surface area (Å²) >= 11 is 0. The average Bonchev–Trinajstić information content (AvgIpc) is 2.68. The van der Waals surface area contributed by atoms with Crippen LogP contribution in [0.4, 0.5) is 0 Å². The summed E-state index contributed by atoms with van der Waals surface area (Å²) in [5.41, 5.74) is 5.66. The highest BCUT2D eigenvalue weighted by atomic mass is 16.5. The molecule has 3 heteroatoms. The largest absolute Gasteiger partial charge is 0.377 e. The van der Waals surface area contributed by atoms with Crippen molar-refractivity contribution in [1.82, 2.24) is 4.90 Å². The Morgan fingerprint density at radius 1 is 1.50 bits per heavy atom. The summed E-state index contributed by atoms with van der Waals surface area (Å²) in [6.45, 7) is 7.20. The summed E-state index contributed by atoms with van der Waals surface area (Å²) in [5, 5.41) is 0. The van der Waals surface area contributed by atoms with Crippen LogP contribution in [-0.4, -0.2) is 43.8 Å². The lowest BCUT2D eigenvalue weighted by Crippen LogP contribution is -2.41. The number of ether oxygens (including phenoxy) is 1. The maximum Gasteiger partial charge on any atom is 0.0702 e. The van der Waals surface area contributed by atoms with Gasteiger partial charge in [-0.25, -0.2) is 0 Å². The summed E-state index contributed by atoms with van der Waals surface area (Å²) in [5.74, 6) is 0.557. The van der Waals surface area contributed by atoms with Gasteiger partial charge in [-0.3, -0.25) is 0 Å². The molecule has 1 aliphatic heterocycles. The van der Waals surface area contributed by atoms with E-state index in [-0.39, 0.29) is 0 Å². The third-order valence-electron chi connectivity index (χ3n) is 3.41. The van der Waals surface area contributed by atoms with Crippen molar-refractivity contribution in [1.29, 1.82) is 0 Å². The smallest absolute Gasteiger partial charge is 0.0702 e. The van der Waals surface area contributed by atoms with E-state index < -0.39 is 0 Å². The van der Waals surface area contributed by atoms with Crippen LogP contribution in [0.1, 0.15) is 26.7 Å². The fourth-order valence-corrected chi connectivity index (χ4v) is 1.91. The minimum absolute atomic E-state index is 0.451. The van der Waals surface area contributed by atoms with E-state index >= 15 is 0 Å². The zero-order valence-electron chi connectivity index (χ0n) is 9.70. The van der Waals surface area contributed by atoms with Gasteiger partial charge in [-0.2, -0.15) is 0 Å². The highest BCUT2D eigenvalue weighted by Gasteiger charge is 2.22. The van der Waals surface area contributed by atoms with Gasteiger partial charge in [0, 0.05) is 19.2 Å². The average molecular weight is 200 g/mol. The Kier molecular flexibility index (Phi) is 4.85. The predicted molar refractivity (Wildman–Crippen MR) is 59.3 cm³/mol. The Morgan fingerprint density at radius 2 is 2.21 bits per heavy atom. The van der Waals surface area contributed by atoms with Crippen LogP contribution in [0, 0.1) is 5.92 Å². The molecule has 0 bridgehead atoms. The van der Waals surface area contributed by atoms with Gasteiger partial charge in [0.15, 0.2) is 0 Å². The van der Waals surface area contributed by atoms with Crippen molar-refractivity contribution >= 4 is 0 Å². The summed E-state index contributed by atoms with van der Waals surface area (Å²) in [6, 6.07) is 0.546. The van der Waals surface area contributed by atoms with Crippen LogP contribution in [0.25, 0.3) is 0 Å². The van der Waals surface area contributed by atoms with E-state index in [1.165, 1.54) is 12.8 Å². The monoisotopic (exact) mass is 200 g/mol. The minimum atomic E-state index is 0.451. The maximum atomic E-state index is 5.66. The first-order valence-corrected chi connectivity index (χ1v) is 5.67. The maximum absolute atomic E-state index is 5.66. The van der Waals surface area contributed by atoms with Crippen LogP contribution < -0.4 is 5.73 Å². The Balaban J connectivity index is 2.28. The van der Waals surface area contributed by atoms with E-state index in [4.69, 9.17) is 10.5 Å². The van der Waals surface area contributed by atoms with Crippen molar-refractivity contribution < 1.29 is 4.74 Å². The second-order valence-electron chi connectivity index (χ2n) is 4.53. The molecule has 0 amide bonds. The van der Waals surface area contributed by atoms with Crippen molar-refractivity contribution in [3.8, 4) is 0 Å². The normalized spacial score (nSPS) is 26.8. The van der Waals surface area contributed by atoms with Gasteiger partial charge in [0.1, 0.15) is 0 Å². The highest BCUT2D eigenvalue weighted by molar-refractivity contribution is 4.75. The predicted octanol–water partition coefficient (Wildman–Crippen LogP) is 1.08. The molecule has 1 aliphatic rings. The molecule has 1 fully saturated rings. The zero-order valence-corrected chi connectivity index (χ0v) is 9.70. The molecule has 14 heavy (non-hydrogen) atoms. The van der Waals surface area contributed by atoms with Gasteiger partial charge in [0.2, 0.25) is 0 Å². The van der Waals surface area contributed by atoms with E-state index in [1.54, 1.807) is 0 Å². The Bertz CT molecular complexity index is 157. The fourth-order valence-electron chi connectivity index (χ4n) is 1.91. The van der Waals surface area contributed by atoms with Crippen LogP contribution in [0.5, 0.6) is 0 Å². The molecule has 84 valence electrons. The summed E-state index contributed by atoms with van der Waals surface area (Å²) < 4.78 is 5.61. The van der Waals surface area contributed by atoms with Crippen LogP contribution in [0.3, 0.4) is 0 Å². The molecule has 0 aliphatic carbocycles. The fraction of sp³-hybridized carbons (Fsp3) is 1.00. The number of nitrogens with zero attached hydrogens (tertiary/aromatic N) is 1. The van der Waals surface area contributed by atoms with Gasteiger partial charge >= 0.3 is 0 Å². The standard InChI is InChI=1S/C11H24N2O/c1-9(7-12)10(2)13(3)8-11-5-4-6-14-11/h9-11H,4-8,12H2,1-3H3. The molecule has 3 nitrogen and oxygen atoms in total. The van der Waals surface area contributed by atoms with Crippen molar-refractivity contribution in [2.75, 3.05) is 26.7 Å². The molecule has 0 aromatic heterocycles. The van der Waals surface area contributed by atoms with Crippen molar-refractivity contribution in [3.63, 3.8) is 0 Å². The summed E-state index contributed by atoms with van der Waals surface area (Å²) in [7, 11) is 2.17. The first-order chi connectivity index (χ1) is 6.65. The van der Waals surface area contributed by atoms with Gasteiger partial charge in [0.25, 0.3) is 0 Å². The highest BCUT2D eigenvalue weighted by Crippen LogP contribution is 2.15. The van der Waals surface area contributed by atoms with Crippen LogP contribution in [0.15, 0.2) is 0 Å². The molecular formula is C11H24N2O. The van der Waals surface area contributed by atoms with E-state index in [1.807, 2.05) is 0 Å². The van der Waals surface area contributed by atoms with Crippen molar-refractivity contribution in [3.05, 3.63) is 0 Å². The van der Waals surface area contributed by atoms with Crippen molar-refractivity contribution in [2.45, 2.75) is 38.8 Å². The number of rotatable bonds is 5. The topological polar surface area (TPSA) is 38.5 Å². The molecule has 1 rings (SSSR count). The summed E-state index contributed by atoms with van der Waals surface area (Å²) in [6.07, 6.45) is 2.89. The van der Waals surface area contributed by atoms with Gasteiger partial charge in [-0.05, 0) is 39.3 Å². The van der Waals surface area contributed by atoms with Gasteiger partial charge in [-0.1, -0.05) is 6.92 Å².